The maximum Gasteiger partial charge on any atom is 0.160 e. The van der Waals surface area contributed by atoms with Crippen molar-refractivity contribution in [1.29, 1.82) is 0 Å². The van der Waals surface area contributed by atoms with E-state index in [1.807, 2.05) is 27.7 Å². The van der Waals surface area contributed by atoms with E-state index >= 15 is 0 Å². The fourth-order valence-corrected chi connectivity index (χ4v) is 1.14. The first-order chi connectivity index (χ1) is 7.54. The molecule has 0 aliphatic carbocycles. The lowest BCUT2D eigenvalue weighted by Crippen LogP contribution is -2.15. The molecule has 0 fully saturated rings. The van der Waals surface area contributed by atoms with Crippen molar-refractivity contribution < 1.29 is 14.3 Å². The normalized spacial score (nSPS) is 11.4. The van der Waals surface area contributed by atoms with Crippen LogP contribution in [0, 0.1) is 5.92 Å². The number of ether oxygens (including phenoxy) is 2. The first kappa shape index (κ1) is 15.6. The number of rotatable bonds is 10. The molecule has 0 radical (unpaired) electrons. The third-order valence-electron chi connectivity index (χ3n) is 2.27. The van der Waals surface area contributed by atoms with Gasteiger partial charge in [-0.2, -0.15) is 0 Å². The first-order valence-electron chi connectivity index (χ1n) is 6.26. The van der Waals surface area contributed by atoms with Crippen LogP contribution in [0.1, 0.15) is 47.0 Å². The van der Waals surface area contributed by atoms with Crippen LogP contribution in [0.15, 0.2) is 0 Å². The van der Waals surface area contributed by atoms with Gasteiger partial charge in [-0.3, -0.25) is 4.79 Å². The second-order valence-electron chi connectivity index (χ2n) is 4.65. The van der Waals surface area contributed by atoms with Gasteiger partial charge in [-0.1, -0.05) is 13.8 Å². The van der Waals surface area contributed by atoms with Crippen molar-refractivity contribution in [3.8, 4) is 0 Å². The summed E-state index contributed by atoms with van der Waals surface area (Å²) in [6.45, 7) is 9.65. The first-order valence-corrected chi connectivity index (χ1v) is 6.26. The molecule has 0 heterocycles. The van der Waals surface area contributed by atoms with Gasteiger partial charge in [-0.05, 0) is 33.1 Å². The Morgan fingerprint density at radius 2 is 1.62 bits per heavy atom. The summed E-state index contributed by atoms with van der Waals surface area (Å²) in [6, 6.07) is 0. The van der Waals surface area contributed by atoms with Gasteiger partial charge in [0, 0.05) is 19.1 Å². The Morgan fingerprint density at radius 1 is 1.00 bits per heavy atom. The Morgan fingerprint density at radius 3 is 2.19 bits per heavy atom. The molecule has 0 rings (SSSR count). The van der Waals surface area contributed by atoms with Crippen LogP contribution in [0.4, 0.5) is 0 Å². The SMILES string of the molecule is CC(C)OCCCCCOCC(=O)C(C)C. The van der Waals surface area contributed by atoms with Gasteiger partial charge in [0.2, 0.25) is 0 Å². The smallest absolute Gasteiger partial charge is 0.160 e. The minimum atomic E-state index is 0.0828. The second-order valence-corrected chi connectivity index (χ2v) is 4.65. The van der Waals surface area contributed by atoms with Crippen molar-refractivity contribution in [2.24, 2.45) is 5.92 Å². The van der Waals surface area contributed by atoms with E-state index in [2.05, 4.69) is 0 Å². The lowest BCUT2D eigenvalue weighted by atomic mass is 10.1. The summed E-state index contributed by atoms with van der Waals surface area (Å²) in [5.41, 5.74) is 0. The molecule has 0 aliphatic heterocycles. The molecule has 3 heteroatoms. The summed E-state index contributed by atoms with van der Waals surface area (Å²) in [5, 5.41) is 0. The van der Waals surface area contributed by atoms with Crippen LogP contribution in [0.2, 0.25) is 0 Å². The van der Waals surface area contributed by atoms with Gasteiger partial charge in [0.1, 0.15) is 6.61 Å². The monoisotopic (exact) mass is 230 g/mol. The van der Waals surface area contributed by atoms with Crippen LogP contribution in [0.25, 0.3) is 0 Å². The molecule has 3 nitrogen and oxygen atoms in total. The van der Waals surface area contributed by atoms with Crippen LogP contribution in [0.3, 0.4) is 0 Å². The highest BCUT2D eigenvalue weighted by atomic mass is 16.5. The van der Waals surface area contributed by atoms with E-state index in [1.165, 1.54) is 0 Å². The predicted octanol–water partition coefficient (Wildman–Crippen LogP) is 2.82. The van der Waals surface area contributed by atoms with E-state index in [1.54, 1.807) is 0 Å². The molecule has 96 valence electrons. The molecule has 0 bridgehead atoms. The maximum absolute atomic E-state index is 11.2. The Kier molecular flexibility index (Phi) is 9.54. The molecular weight excluding hydrogens is 204 g/mol. The van der Waals surface area contributed by atoms with E-state index in [0.29, 0.717) is 12.7 Å². The van der Waals surface area contributed by atoms with Crippen molar-refractivity contribution in [3.63, 3.8) is 0 Å². The molecule has 0 aromatic heterocycles. The quantitative estimate of drug-likeness (QED) is 0.541. The maximum atomic E-state index is 11.2. The average Bonchev–Trinajstić information content (AvgIpc) is 2.21. The predicted molar refractivity (Wildman–Crippen MR) is 65.6 cm³/mol. The van der Waals surface area contributed by atoms with E-state index < -0.39 is 0 Å². The minimum Gasteiger partial charge on any atom is -0.379 e. The number of unbranched alkanes of at least 4 members (excludes halogenated alkanes) is 2. The number of hydrogen-bond donors (Lipinski definition) is 0. The van der Waals surface area contributed by atoms with Crippen LogP contribution in [-0.2, 0) is 14.3 Å². The lowest BCUT2D eigenvalue weighted by Gasteiger charge is -2.07. The highest BCUT2D eigenvalue weighted by molar-refractivity contribution is 5.81. The van der Waals surface area contributed by atoms with E-state index in [9.17, 15) is 4.79 Å². The fraction of sp³-hybridized carbons (Fsp3) is 0.923. The molecule has 0 atom stereocenters. The number of ketones is 1. The number of Topliss-reactive ketones (excluding diaryl/α,β-unsaturated/α-hetero) is 1. The molecule has 0 amide bonds. The third kappa shape index (κ3) is 10.1. The molecule has 0 aromatic carbocycles. The Hall–Kier alpha value is -0.410. The van der Waals surface area contributed by atoms with E-state index in [4.69, 9.17) is 9.47 Å². The van der Waals surface area contributed by atoms with Gasteiger partial charge in [-0.25, -0.2) is 0 Å². The van der Waals surface area contributed by atoms with Crippen molar-refractivity contribution in [2.75, 3.05) is 19.8 Å². The highest BCUT2D eigenvalue weighted by Gasteiger charge is 2.06. The molecule has 0 unspecified atom stereocenters. The van der Waals surface area contributed by atoms with Gasteiger partial charge < -0.3 is 9.47 Å². The molecule has 0 N–H and O–H groups in total. The van der Waals surface area contributed by atoms with Crippen molar-refractivity contribution in [1.82, 2.24) is 0 Å². The van der Waals surface area contributed by atoms with Crippen LogP contribution >= 0.6 is 0 Å². The minimum absolute atomic E-state index is 0.0828. The second kappa shape index (κ2) is 9.79. The van der Waals surface area contributed by atoms with Gasteiger partial charge >= 0.3 is 0 Å². The van der Waals surface area contributed by atoms with Gasteiger partial charge in [-0.15, -0.1) is 0 Å². The zero-order valence-corrected chi connectivity index (χ0v) is 11.1. The topological polar surface area (TPSA) is 35.5 Å². The molecule has 0 aromatic rings. The third-order valence-corrected chi connectivity index (χ3v) is 2.27. The zero-order chi connectivity index (χ0) is 12.4. The highest BCUT2D eigenvalue weighted by Crippen LogP contribution is 2.00. The summed E-state index contributed by atoms with van der Waals surface area (Å²) in [6.07, 6.45) is 3.50. The molecule has 0 saturated heterocycles. The molecule has 0 saturated carbocycles. The Balaban J connectivity index is 3.13. The van der Waals surface area contributed by atoms with E-state index in [0.717, 1.165) is 25.9 Å². The van der Waals surface area contributed by atoms with Crippen LogP contribution in [-0.4, -0.2) is 31.7 Å². The number of hydrogen-bond acceptors (Lipinski definition) is 3. The van der Waals surface area contributed by atoms with Crippen LogP contribution < -0.4 is 0 Å². The zero-order valence-electron chi connectivity index (χ0n) is 11.1. The summed E-state index contributed by atoms with van der Waals surface area (Å²) in [5.74, 6) is 0.266. The fourth-order valence-electron chi connectivity index (χ4n) is 1.14. The number of carbonyl (C=O) groups is 1. The van der Waals surface area contributed by atoms with Crippen molar-refractivity contribution in [3.05, 3.63) is 0 Å². The summed E-state index contributed by atoms with van der Waals surface area (Å²) in [7, 11) is 0. The average molecular weight is 230 g/mol. The van der Waals surface area contributed by atoms with Gasteiger partial charge in [0.25, 0.3) is 0 Å². The van der Waals surface area contributed by atoms with Gasteiger partial charge in [0.05, 0.1) is 6.10 Å². The largest absolute Gasteiger partial charge is 0.379 e. The Labute approximate surface area is 99.5 Å². The van der Waals surface area contributed by atoms with Gasteiger partial charge in [0.15, 0.2) is 5.78 Å². The molecular formula is C13H26O3. The lowest BCUT2D eigenvalue weighted by molar-refractivity contribution is -0.126. The summed E-state index contributed by atoms with van der Waals surface area (Å²) < 4.78 is 10.7. The summed E-state index contributed by atoms with van der Waals surface area (Å²) >= 11 is 0. The standard InChI is InChI=1S/C13H26O3/c1-11(2)13(14)10-15-8-6-5-7-9-16-12(3)4/h11-12H,5-10H2,1-4H3. The van der Waals surface area contributed by atoms with Crippen molar-refractivity contribution in [2.45, 2.75) is 53.1 Å². The number of carbonyl (C=O) groups excluding carboxylic acids is 1. The molecule has 16 heavy (non-hydrogen) atoms. The van der Waals surface area contributed by atoms with E-state index in [-0.39, 0.29) is 18.3 Å². The Bertz CT molecular complexity index is 176. The summed E-state index contributed by atoms with van der Waals surface area (Å²) in [4.78, 5) is 11.2. The van der Waals surface area contributed by atoms with Crippen molar-refractivity contribution >= 4 is 5.78 Å². The molecule has 0 spiro atoms. The molecule has 0 aliphatic rings. The van der Waals surface area contributed by atoms with Crippen LogP contribution in [0.5, 0.6) is 0 Å².